The van der Waals surface area contributed by atoms with Crippen molar-refractivity contribution in [3.8, 4) is 11.8 Å². The normalized spacial score (nSPS) is 14.5. The quantitative estimate of drug-likeness (QED) is 0.822. The molecule has 0 spiro atoms. The molecule has 1 aliphatic rings. The molecule has 0 aromatic heterocycles. The van der Waals surface area contributed by atoms with Gasteiger partial charge in [0.1, 0.15) is 0 Å². The molecule has 100 valence electrons. The minimum Gasteiger partial charge on any atom is -0.372 e. The first-order valence-electron chi connectivity index (χ1n) is 6.84. The van der Waals surface area contributed by atoms with E-state index in [2.05, 4.69) is 34.2 Å². The molecule has 1 aromatic carbocycles. The van der Waals surface area contributed by atoms with Gasteiger partial charge in [-0.25, -0.2) is 0 Å². The molecule has 1 heterocycles. The molecule has 0 saturated carbocycles. The molecular formula is C16H20N2O. The molecule has 0 aliphatic carbocycles. The number of anilines is 1. The Balaban J connectivity index is 2.00. The molecule has 1 aliphatic heterocycles. The highest BCUT2D eigenvalue weighted by Gasteiger charge is 2.10. The Bertz CT molecular complexity index is 493. The van der Waals surface area contributed by atoms with E-state index in [1.165, 1.54) is 31.9 Å². The molecule has 1 amide bonds. The van der Waals surface area contributed by atoms with Gasteiger partial charge < -0.3 is 10.2 Å². The van der Waals surface area contributed by atoms with E-state index >= 15 is 0 Å². The SMILES string of the molecule is CC(=O)NCC#Cc1cccc(N2CCCCC2)c1. The standard InChI is InChI=1S/C16H20N2O/c1-14(19)17-10-6-8-15-7-5-9-16(13-15)18-11-3-2-4-12-18/h5,7,9,13H,2-4,10-12H2,1H3,(H,17,19). The summed E-state index contributed by atoms with van der Waals surface area (Å²) in [6.07, 6.45) is 3.89. The van der Waals surface area contributed by atoms with Crippen molar-refractivity contribution in [1.82, 2.24) is 5.32 Å². The average Bonchev–Trinajstić information content (AvgIpc) is 2.45. The Kier molecular flexibility index (Phi) is 4.85. The van der Waals surface area contributed by atoms with E-state index < -0.39 is 0 Å². The van der Waals surface area contributed by atoms with Crippen LogP contribution < -0.4 is 10.2 Å². The Hall–Kier alpha value is -1.95. The molecule has 2 rings (SSSR count). The monoisotopic (exact) mass is 256 g/mol. The summed E-state index contributed by atoms with van der Waals surface area (Å²) < 4.78 is 0. The zero-order chi connectivity index (χ0) is 13.5. The Labute approximate surface area is 115 Å². The molecular weight excluding hydrogens is 236 g/mol. The van der Waals surface area contributed by atoms with Crippen molar-refractivity contribution in [2.75, 3.05) is 24.5 Å². The zero-order valence-corrected chi connectivity index (χ0v) is 11.4. The number of amides is 1. The van der Waals surface area contributed by atoms with Crippen LogP contribution in [-0.2, 0) is 4.79 Å². The number of rotatable bonds is 2. The predicted molar refractivity (Wildman–Crippen MR) is 78.1 cm³/mol. The molecule has 0 unspecified atom stereocenters. The van der Waals surface area contributed by atoms with E-state index in [1.807, 2.05) is 12.1 Å². The van der Waals surface area contributed by atoms with E-state index in [0.717, 1.165) is 18.7 Å². The van der Waals surface area contributed by atoms with Crippen LogP contribution in [0, 0.1) is 11.8 Å². The van der Waals surface area contributed by atoms with Gasteiger partial charge in [0.25, 0.3) is 0 Å². The molecule has 0 radical (unpaired) electrons. The van der Waals surface area contributed by atoms with Crippen molar-refractivity contribution in [1.29, 1.82) is 0 Å². The number of carbonyl (C=O) groups excluding carboxylic acids is 1. The minimum atomic E-state index is -0.0450. The number of hydrogen-bond acceptors (Lipinski definition) is 2. The van der Waals surface area contributed by atoms with Crippen LogP contribution in [0.15, 0.2) is 24.3 Å². The third kappa shape index (κ3) is 4.33. The molecule has 3 heteroatoms. The van der Waals surface area contributed by atoms with Crippen molar-refractivity contribution < 1.29 is 4.79 Å². The second kappa shape index (κ2) is 6.84. The fraction of sp³-hybridized carbons (Fsp3) is 0.438. The van der Waals surface area contributed by atoms with E-state index in [4.69, 9.17) is 0 Å². The number of benzene rings is 1. The van der Waals surface area contributed by atoms with Crippen LogP contribution in [0.5, 0.6) is 0 Å². The highest BCUT2D eigenvalue weighted by atomic mass is 16.1. The number of carbonyl (C=O) groups is 1. The first kappa shape index (κ1) is 13.5. The third-order valence-corrected chi connectivity index (χ3v) is 3.23. The van der Waals surface area contributed by atoms with Crippen LogP contribution in [-0.4, -0.2) is 25.5 Å². The minimum absolute atomic E-state index is 0.0450. The van der Waals surface area contributed by atoms with E-state index in [9.17, 15) is 4.79 Å². The van der Waals surface area contributed by atoms with Crippen molar-refractivity contribution in [3.05, 3.63) is 29.8 Å². The maximum absolute atomic E-state index is 10.7. The molecule has 1 fully saturated rings. The summed E-state index contributed by atoms with van der Waals surface area (Å²) in [6.45, 7) is 4.19. The Morgan fingerprint density at radius 3 is 2.84 bits per heavy atom. The van der Waals surface area contributed by atoms with Gasteiger partial charge in [0.15, 0.2) is 0 Å². The summed E-state index contributed by atoms with van der Waals surface area (Å²) in [4.78, 5) is 13.1. The predicted octanol–water partition coefficient (Wildman–Crippen LogP) is 2.16. The van der Waals surface area contributed by atoms with Crippen molar-refractivity contribution in [2.24, 2.45) is 0 Å². The lowest BCUT2D eigenvalue weighted by molar-refractivity contribution is -0.118. The number of hydrogen-bond donors (Lipinski definition) is 1. The topological polar surface area (TPSA) is 32.3 Å². The maximum atomic E-state index is 10.7. The van der Waals surface area contributed by atoms with Crippen molar-refractivity contribution >= 4 is 11.6 Å². The summed E-state index contributed by atoms with van der Waals surface area (Å²) in [6, 6.07) is 8.33. The van der Waals surface area contributed by atoms with Crippen LogP contribution in [0.2, 0.25) is 0 Å². The van der Waals surface area contributed by atoms with Gasteiger partial charge in [-0.05, 0) is 37.5 Å². The summed E-state index contributed by atoms with van der Waals surface area (Å²) in [7, 11) is 0. The summed E-state index contributed by atoms with van der Waals surface area (Å²) in [5.41, 5.74) is 2.26. The summed E-state index contributed by atoms with van der Waals surface area (Å²) in [5.74, 6) is 6.01. The van der Waals surface area contributed by atoms with Crippen LogP contribution in [0.4, 0.5) is 5.69 Å². The summed E-state index contributed by atoms with van der Waals surface area (Å²) in [5, 5.41) is 2.67. The number of nitrogens with zero attached hydrogens (tertiary/aromatic N) is 1. The van der Waals surface area contributed by atoms with Gasteiger partial charge >= 0.3 is 0 Å². The highest BCUT2D eigenvalue weighted by Crippen LogP contribution is 2.20. The van der Waals surface area contributed by atoms with Crippen LogP contribution in [0.3, 0.4) is 0 Å². The first-order chi connectivity index (χ1) is 9.25. The van der Waals surface area contributed by atoms with Crippen molar-refractivity contribution in [2.45, 2.75) is 26.2 Å². The van der Waals surface area contributed by atoms with Crippen molar-refractivity contribution in [3.63, 3.8) is 0 Å². The van der Waals surface area contributed by atoms with Gasteiger partial charge in [-0.1, -0.05) is 17.9 Å². The molecule has 0 bridgehead atoms. The van der Waals surface area contributed by atoms with Gasteiger partial charge in [0.05, 0.1) is 6.54 Å². The second-order valence-electron chi connectivity index (χ2n) is 4.81. The highest BCUT2D eigenvalue weighted by molar-refractivity contribution is 5.73. The first-order valence-corrected chi connectivity index (χ1v) is 6.84. The lowest BCUT2D eigenvalue weighted by Crippen LogP contribution is -2.29. The van der Waals surface area contributed by atoms with E-state index in [0.29, 0.717) is 6.54 Å². The molecule has 0 atom stereocenters. The molecule has 1 N–H and O–H groups in total. The van der Waals surface area contributed by atoms with Gasteiger partial charge in [0, 0.05) is 31.3 Å². The Morgan fingerprint density at radius 2 is 2.11 bits per heavy atom. The average molecular weight is 256 g/mol. The molecule has 1 aromatic rings. The summed E-state index contributed by atoms with van der Waals surface area (Å²) >= 11 is 0. The van der Waals surface area contributed by atoms with Gasteiger partial charge in [-0.15, -0.1) is 0 Å². The fourth-order valence-corrected chi connectivity index (χ4v) is 2.25. The van der Waals surface area contributed by atoms with Crippen LogP contribution in [0.25, 0.3) is 0 Å². The van der Waals surface area contributed by atoms with Gasteiger partial charge in [0.2, 0.25) is 5.91 Å². The number of nitrogens with one attached hydrogen (secondary N) is 1. The van der Waals surface area contributed by atoms with Crippen LogP contribution >= 0.6 is 0 Å². The Morgan fingerprint density at radius 1 is 1.32 bits per heavy atom. The second-order valence-corrected chi connectivity index (χ2v) is 4.81. The smallest absolute Gasteiger partial charge is 0.217 e. The molecule has 19 heavy (non-hydrogen) atoms. The van der Waals surface area contributed by atoms with Gasteiger partial charge in [-0.2, -0.15) is 0 Å². The maximum Gasteiger partial charge on any atom is 0.217 e. The van der Waals surface area contributed by atoms with E-state index in [-0.39, 0.29) is 5.91 Å². The molecule has 3 nitrogen and oxygen atoms in total. The third-order valence-electron chi connectivity index (χ3n) is 3.23. The zero-order valence-electron chi connectivity index (χ0n) is 11.4. The van der Waals surface area contributed by atoms with Gasteiger partial charge in [-0.3, -0.25) is 4.79 Å². The lowest BCUT2D eigenvalue weighted by atomic mass is 10.1. The number of piperidine rings is 1. The fourth-order valence-electron chi connectivity index (χ4n) is 2.25. The van der Waals surface area contributed by atoms with Crippen LogP contribution in [0.1, 0.15) is 31.7 Å². The molecule has 1 saturated heterocycles. The largest absolute Gasteiger partial charge is 0.372 e. The van der Waals surface area contributed by atoms with E-state index in [1.54, 1.807) is 0 Å². The lowest BCUT2D eigenvalue weighted by Gasteiger charge is -2.28.